The highest BCUT2D eigenvalue weighted by molar-refractivity contribution is 14.1. The summed E-state index contributed by atoms with van der Waals surface area (Å²) < 4.78 is 3.12. The second-order valence-electron chi connectivity index (χ2n) is 3.56. The summed E-state index contributed by atoms with van der Waals surface area (Å²) in [4.78, 5) is 7.17. The minimum Gasteiger partial charge on any atom is -0.334 e. The van der Waals surface area contributed by atoms with Crippen molar-refractivity contribution in [1.82, 2.24) is 9.55 Å². The van der Waals surface area contributed by atoms with Crippen LogP contribution in [0.3, 0.4) is 0 Å². The molecule has 0 aliphatic heterocycles. The lowest BCUT2D eigenvalue weighted by atomic mass is 10.2. The van der Waals surface area contributed by atoms with Gasteiger partial charge in [0.05, 0.1) is 12.2 Å². The van der Waals surface area contributed by atoms with Crippen LogP contribution >= 0.6 is 22.6 Å². The molecule has 5 nitrogen and oxygen atoms in total. The second kappa shape index (κ2) is 5.20. The van der Waals surface area contributed by atoms with Gasteiger partial charge in [-0.2, -0.15) is 0 Å². The van der Waals surface area contributed by atoms with E-state index in [1.807, 2.05) is 42.1 Å². The zero-order valence-corrected chi connectivity index (χ0v) is 11.4. The van der Waals surface area contributed by atoms with Gasteiger partial charge < -0.3 is 4.57 Å². The summed E-state index contributed by atoms with van der Waals surface area (Å²) in [7, 11) is 1.93. The first-order chi connectivity index (χ1) is 8.20. The van der Waals surface area contributed by atoms with E-state index in [0.29, 0.717) is 0 Å². The predicted octanol–water partition coefficient (Wildman–Crippen LogP) is 3.50. The molecule has 0 aliphatic rings. The van der Waals surface area contributed by atoms with Crippen LogP contribution < -0.4 is 0 Å². The molecule has 1 heterocycles. The molecule has 0 saturated carbocycles. The SMILES string of the molecule is Cn1cc(CN=[N+]=[N-])nc1-c1ccc(I)cc1. The van der Waals surface area contributed by atoms with Crippen molar-refractivity contribution in [2.45, 2.75) is 6.54 Å². The summed E-state index contributed by atoms with van der Waals surface area (Å²) in [5.74, 6) is 0.879. The quantitative estimate of drug-likeness (QED) is 0.365. The molecule has 0 fully saturated rings. The normalized spacial score (nSPS) is 10.0. The Morgan fingerprint density at radius 2 is 2.12 bits per heavy atom. The van der Waals surface area contributed by atoms with Crippen LogP contribution in [-0.4, -0.2) is 9.55 Å². The molecule has 0 bridgehead atoms. The lowest BCUT2D eigenvalue weighted by molar-refractivity contribution is 0.920. The zero-order valence-electron chi connectivity index (χ0n) is 9.21. The van der Waals surface area contributed by atoms with Gasteiger partial charge in [-0.15, -0.1) is 0 Å². The lowest BCUT2D eigenvalue weighted by Gasteiger charge is -2.00. The van der Waals surface area contributed by atoms with Crippen molar-refractivity contribution < 1.29 is 0 Å². The van der Waals surface area contributed by atoms with Crippen molar-refractivity contribution in [3.05, 3.63) is 50.2 Å². The molecule has 2 rings (SSSR count). The number of azide groups is 1. The molecule has 0 unspecified atom stereocenters. The first-order valence-corrected chi connectivity index (χ1v) is 6.07. The molecule has 2 aromatic rings. The standard InChI is InChI=1S/C11H10IN5/c1-17-7-10(6-14-16-13)15-11(17)8-2-4-9(12)5-3-8/h2-5,7H,6H2,1H3. The van der Waals surface area contributed by atoms with E-state index < -0.39 is 0 Å². The number of aryl methyl sites for hydroxylation is 1. The van der Waals surface area contributed by atoms with Gasteiger partial charge in [-0.05, 0) is 40.3 Å². The molecule has 0 aliphatic carbocycles. The number of benzene rings is 1. The van der Waals surface area contributed by atoms with Crippen LogP contribution in [0.25, 0.3) is 21.8 Å². The van der Waals surface area contributed by atoms with Crippen LogP contribution in [0.2, 0.25) is 0 Å². The number of hydrogen-bond donors (Lipinski definition) is 0. The average Bonchev–Trinajstić information content (AvgIpc) is 2.69. The molecule has 0 N–H and O–H groups in total. The Hall–Kier alpha value is -1.53. The summed E-state index contributed by atoms with van der Waals surface area (Å²) in [6.45, 7) is 0.286. The van der Waals surface area contributed by atoms with Crippen molar-refractivity contribution >= 4 is 22.6 Å². The van der Waals surface area contributed by atoms with Gasteiger partial charge >= 0.3 is 0 Å². The molecule has 0 amide bonds. The topological polar surface area (TPSA) is 66.6 Å². The Morgan fingerprint density at radius 3 is 2.76 bits per heavy atom. The smallest absolute Gasteiger partial charge is 0.139 e. The molecular weight excluding hydrogens is 329 g/mol. The Balaban J connectivity index is 2.35. The van der Waals surface area contributed by atoms with Gasteiger partial charge in [0.2, 0.25) is 0 Å². The molecule has 1 aromatic heterocycles. The van der Waals surface area contributed by atoms with Crippen LogP contribution in [0.15, 0.2) is 35.6 Å². The van der Waals surface area contributed by atoms with Crippen LogP contribution in [0, 0.1) is 3.57 Å². The van der Waals surface area contributed by atoms with Crippen LogP contribution in [0.5, 0.6) is 0 Å². The van der Waals surface area contributed by atoms with Gasteiger partial charge in [0.15, 0.2) is 0 Å². The molecule has 0 radical (unpaired) electrons. The molecular formula is C11H10IN5. The lowest BCUT2D eigenvalue weighted by Crippen LogP contribution is -1.90. The van der Waals surface area contributed by atoms with Gasteiger partial charge in [0, 0.05) is 27.3 Å². The zero-order chi connectivity index (χ0) is 12.3. The van der Waals surface area contributed by atoms with E-state index in [0.717, 1.165) is 17.1 Å². The highest BCUT2D eigenvalue weighted by Crippen LogP contribution is 2.19. The van der Waals surface area contributed by atoms with E-state index in [4.69, 9.17) is 5.53 Å². The Kier molecular flexibility index (Phi) is 3.65. The van der Waals surface area contributed by atoms with E-state index in [1.54, 1.807) is 0 Å². The molecule has 1 aromatic carbocycles. The van der Waals surface area contributed by atoms with Crippen molar-refractivity contribution in [3.8, 4) is 11.4 Å². The first kappa shape index (κ1) is 11.9. The molecule has 17 heavy (non-hydrogen) atoms. The Morgan fingerprint density at radius 1 is 1.41 bits per heavy atom. The Labute approximate surface area is 112 Å². The van der Waals surface area contributed by atoms with Gasteiger partial charge in [-0.3, -0.25) is 0 Å². The number of hydrogen-bond acceptors (Lipinski definition) is 2. The maximum absolute atomic E-state index is 8.27. The fourth-order valence-corrected chi connectivity index (χ4v) is 1.94. The van der Waals surface area contributed by atoms with E-state index >= 15 is 0 Å². The monoisotopic (exact) mass is 339 g/mol. The fourth-order valence-electron chi connectivity index (χ4n) is 1.58. The third kappa shape index (κ3) is 2.78. The second-order valence-corrected chi connectivity index (χ2v) is 4.81. The van der Waals surface area contributed by atoms with Gasteiger partial charge in [0.25, 0.3) is 0 Å². The molecule has 0 atom stereocenters. The summed E-state index contributed by atoms with van der Waals surface area (Å²) in [6, 6.07) is 8.14. The van der Waals surface area contributed by atoms with E-state index in [-0.39, 0.29) is 6.54 Å². The van der Waals surface area contributed by atoms with Crippen LogP contribution in [-0.2, 0) is 13.6 Å². The minimum atomic E-state index is 0.286. The number of aromatic nitrogens is 2. The molecule has 6 heteroatoms. The van der Waals surface area contributed by atoms with Gasteiger partial charge in [-0.25, -0.2) is 4.98 Å². The van der Waals surface area contributed by atoms with Crippen molar-refractivity contribution in [1.29, 1.82) is 0 Å². The number of imidazole rings is 1. The first-order valence-electron chi connectivity index (χ1n) is 5.00. The maximum Gasteiger partial charge on any atom is 0.139 e. The number of rotatable bonds is 3. The average molecular weight is 339 g/mol. The molecule has 86 valence electrons. The largest absolute Gasteiger partial charge is 0.334 e. The summed E-state index contributed by atoms with van der Waals surface area (Å²) in [5, 5.41) is 3.51. The van der Waals surface area contributed by atoms with E-state index in [2.05, 4.69) is 37.6 Å². The molecule has 0 saturated heterocycles. The van der Waals surface area contributed by atoms with Gasteiger partial charge in [-0.1, -0.05) is 17.2 Å². The summed E-state index contributed by atoms with van der Waals surface area (Å²) >= 11 is 2.27. The van der Waals surface area contributed by atoms with Crippen molar-refractivity contribution in [2.75, 3.05) is 0 Å². The van der Waals surface area contributed by atoms with Crippen LogP contribution in [0.4, 0.5) is 0 Å². The minimum absolute atomic E-state index is 0.286. The molecule has 0 spiro atoms. The third-order valence-electron chi connectivity index (χ3n) is 2.32. The summed E-state index contributed by atoms with van der Waals surface area (Å²) in [6.07, 6.45) is 1.88. The summed E-state index contributed by atoms with van der Waals surface area (Å²) in [5.41, 5.74) is 10.1. The maximum atomic E-state index is 8.27. The fraction of sp³-hybridized carbons (Fsp3) is 0.182. The predicted molar refractivity (Wildman–Crippen MR) is 74.2 cm³/mol. The van der Waals surface area contributed by atoms with Crippen molar-refractivity contribution in [3.63, 3.8) is 0 Å². The van der Waals surface area contributed by atoms with E-state index in [9.17, 15) is 0 Å². The third-order valence-corrected chi connectivity index (χ3v) is 3.04. The highest BCUT2D eigenvalue weighted by atomic mass is 127. The highest BCUT2D eigenvalue weighted by Gasteiger charge is 2.06. The number of nitrogens with zero attached hydrogens (tertiary/aromatic N) is 5. The van der Waals surface area contributed by atoms with E-state index in [1.165, 1.54) is 3.57 Å². The Bertz CT molecular complexity index is 566. The van der Waals surface area contributed by atoms with Crippen molar-refractivity contribution in [2.24, 2.45) is 12.2 Å². The van der Waals surface area contributed by atoms with Gasteiger partial charge in [0.1, 0.15) is 5.82 Å². The number of halogens is 1. The van der Waals surface area contributed by atoms with Crippen LogP contribution in [0.1, 0.15) is 5.69 Å².